The molecule has 30 heavy (non-hydrogen) atoms. The highest BCUT2D eigenvalue weighted by Crippen LogP contribution is 2.20. The van der Waals surface area contributed by atoms with Crippen molar-refractivity contribution in [2.75, 3.05) is 0 Å². The predicted octanol–water partition coefficient (Wildman–Crippen LogP) is 6.13. The molecule has 0 atom stereocenters. The van der Waals surface area contributed by atoms with Crippen LogP contribution in [0.4, 0.5) is 0 Å². The summed E-state index contributed by atoms with van der Waals surface area (Å²) in [4.78, 5) is 15.1. The Balaban J connectivity index is 1.49. The Bertz CT molecular complexity index is 1020. The van der Waals surface area contributed by atoms with Crippen LogP contribution in [0.5, 0.6) is 0 Å². The van der Waals surface area contributed by atoms with Crippen molar-refractivity contribution in [2.45, 2.75) is 19.5 Å². The summed E-state index contributed by atoms with van der Waals surface area (Å²) in [6.07, 6.45) is 0.398. The summed E-state index contributed by atoms with van der Waals surface area (Å²) in [6.45, 7) is 1.22. The van der Waals surface area contributed by atoms with Crippen LogP contribution in [-0.2, 0) is 24.3 Å². The second-order valence-corrected chi connectivity index (χ2v) is 7.46. The molecule has 0 radical (unpaired) electrons. The third-order valence-corrected chi connectivity index (χ3v) is 5.20. The minimum absolute atomic E-state index is 0.134. The summed E-state index contributed by atoms with van der Waals surface area (Å²) in [5, 5.41) is 0. The van der Waals surface area contributed by atoms with Gasteiger partial charge in [0.05, 0.1) is 6.42 Å². The molecule has 0 aromatic heterocycles. The first-order valence-electron chi connectivity index (χ1n) is 10.3. The van der Waals surface area contributed by atoms with E-state index in [2.05, 4.69) is 60.7 Å². The fourth-order valence-electron chi connectivity index (χ4n) is 3.57. The highest BCUT2D eigenvalue weighted by Gasteiger charge is 2.15. The molecule has 0 aliphatic heterocycles. The number of carbonyl (C=O) groups is 1. The largest absolute Gasteiger partial charge is 0.334 e. The van der Waals surface area contributed by atoms with Crippen LogP contribution in [0, 0.1) is 0 Å². The van der Waals surface area contributed by atoms with Gasteiger partial charge >= 0.3 is 0 Å². The van der Waals surface area contributed by atoms with E-state index in [9.17, 15) is 4.79 Å². The minimum Gasteiger partial charge on any atom is -0.334 e. The lowest BCUT2D eigenvalue weighted by Crippen LogP contribution is -2.31. The van der Waals surface area contributed by atoms with Crippen molar-refractivity contribution in [3.8, 4) is 11.1 Å². The lowest BCUT2D eigenvalue weighted by Gasteiger charge is -2.23. The average molecular weight is 392 g/mol. The van der Waals surface area contributed by atoms with Gasteiger partial charge in [-0.05, 0) is 27.8 Å². The zero-order chi connectivity index (χ0) is 20.6. The van der Waals surface area contributed by atoms with E-state index in [1.165, 1.54) is 5.56 Å². The van der Waals surface area contributed by atoms with Crippen LogP contribution in [0.3, 0.4) is 0 Å². The van der Waals surface area contributed by atoms with Crippen molar-refractivity contribution >= 4 is 5.91 Å². The summed E-state index contributed by atoms with van der Waals surface area (Å²) in [5.41, 5.74) is 5.66. The van der Waals surface area contributed by atoms with Crippen LogP contribution in [0.15, 0.2) is 115 Å². The van der Waals surface area contributed by atoms with Gasteiger partial charge in [-0.15, -0.1) is 0 Å². The molecule has 0 saturated heterocycles. The van der Waals surface area contributed by atoms with Crippen molar-refractivity contribution in [3.05, 3.63) is 132 Å². The molecule has 0 saturated carbocycles. The van der Waals surface area contributed by atoms with E-state index in [-0.39, 0.29) is 5.91 Å². The standard InChI is InChI=1S/C28H25NO/c30-28(20-23-16-18-27(19-17-23)26-14-8-3-9-15-26)29(21-24-10-4-1-5-11-24)22-25-12-6-2-7-13-25/h1-19H,20-22H2. The SMILES string of the molecule is O=C(Cc1ccc(-c2ccccc2)cc1)N(Cc1ccccc1)Cc1ccccc1. The molecule has 0 fully saturated rings. The minimum atomic E-state index is 0.134. The number of carbonyl (C=O) groups excluding carboxylic acids is 1. The normalized spacial score (nSPS) is 10.5. The van der Waals surface area contributed by atoms with Gasteiger partial charge in [0.15, 0.2) is 0 Å². The van der Waals surface area contributed by atoms with Crippen LogP contribution in [-0.4, -0.2) is 10.8 Å². The lowest BCUT2D eigenvalue weighted by atomic mass is 10.0. The fourth-order valence-corrected chi connectivity index (χ4v) is 3.57. The molecule has 0 spiro atoms. The number of benzene rings is 4. The first-order valence-corrected chi connectivity index (χ1v) is 10.3. The second kappa shape index (κ2) is 9.71. The quantitative estimate of drug-likeness (QED) is 0.371. The van der Waals surface area contributed by atoms with E-state index in [1.54, 1.807) is 0 Å². The lowest BCUT2D eigenvalue weighted by molar-refractivity contribution is -0.131. The van der Waals surface area contributed by atoms with Crippen molar-refractivity contribution in [1.82, 2.24) is 4.90 Å². The van der Waals surface area contributed by atoms with Crippen molar-refractivity contribution in [3.63, 3.8) is 0 Å². The zero-order valence-electron chi connectivity index (χ0n) is 16.9. The number of nitrogens with zero attached hydrogens (tertiary/aromatic N) is 1. The average Bonchev–Trinajstić information content (AvgIpc) is 2.81. The maximum Gasteiger partial charge on any atom is 0.227 e. The van der Waals surface area contributed by atoms with Gasteiger partial charge in [0.1, 0.15) is 0 Å². The van der Waals surface area contributed by atoms with E-state index in [0.717, 1.165) is 22.3 Å². The molecule has 4 rings (SSSR count). The monoisotopic (exact) mass is 391 g/mol. The van der Waals surface area contributed by atoms with E-state index in [1.807, 2.05) is 59.5 Å². The van der Waals surface area contributed by atoms with Crippen molar-refractivity contribution in [2.24, 2.45) is 0 Å². The Morgan fingerprint density at radius 1 is 0.500 bits per heavy atom. The Kier molecular flexibility index (Phi) is 6.36. The zero-order valence-corrected chi connectivity index (χ0v) is 16.9. The second-order valence-electron chi connectivity index (χ2n) is 7.46. The molecule has 0 aliphatic rings. The number of hydrogen-bond acceptors (Lipinski definition) is 1. The van der Waals surface area contributed by atoms with E-state index in [0.29, 0.717) is 19.5 Å². The molecular formula is C28H25NO. The van der Waals surface area contributed by atoms with Crippen LogP contribution in [0.1, 0.15) is 16.7 Å². The highest BCUT2D eigenvalue weighted by molar-refractivity contribution is 5.79. The van der Waals surface area contributed by atoms with Gasteiger partial charge in [0.25, 0.3) is 0 Å². The maximum atomic E-state index is 13.2. The molecule has 2 nitrogen and oxygen atoms in total. The summed E-state index contributed by atoms with van der Waals surface area (Å²) in [5.74, 6) is 0.134. The Morgan fingerprint density at radius 3 is 1.43 bits per heavy atom. The summed E-state index contributed by atoms with van der Waals surface area (Å²) < 4.78 is 0. The summed E-state index contributed by atoms with van der Waals surface area (Å²) in [7, 11) is 0. The van der Waals surface area contributed by atoms with Gasteiger partial charge in [-0.1, -0.05) is 115 Å². The van der Waals surface area contributed by atoms with Gasteiger partial charge < -0.3 is 4.90 Å². The highest BCUT2D eigenvalue weighted by atomic mass is 16.2. The fraction of sp³-hybridized carbons (Fsp3) is 0.107. The van der Waals surface area contributed by atoms with Crippen LogP contribution in [0.25, 0.3) is 11.1 Å². The van der Waals surface area contributed by atoms with Crippen LogP contribution in [0.2, 0.25) is 0 Å². The maximum absolute atomic E-state index is 13.2. The molecule has 0 heterocycles. The predicted molar refractivity (Wildman–Crippen MR) is 123 cm³/mol. The molecule has 4 aromatic carbocycles. The van der Waals surface area contributed by atoms with Gasteiger partial charge in [-0.3, -0.25) is 4.79 Å². The molecule has 1 amide bonds. The third kappa shape index (κ3) is 5.24. The van der Waals surface area contributed by atoms with E-state index in [4.69, 9.17) is 0 Å². The summed E-state index contributed by atoms with van der Waals surface area (Å²) >= 11 is 0. The van der Waals surface area contributed by atoms with Gasteiger partial charge in [-0.25, -0.2) is 0 Å². The number of amides is 1. The van der Waals surface area contributed by atoms with Gasteiger partial charge in [0.2, 0.25) is 5.91 Å². The van der Waals surface area contributed by atoms with E-state index >= 15 is 0 Å². The molecule has 2 heteroatoms. The molecule has 148 valence electrons. The molecule has 4 aromatic rings. The number of rotatable bonds is 7. The number of hydrogen-bond donors (Lipinski definition) is 0. The molecular weight excluding hydrogens is 366 g/mol. The molecule has 0 unspecified atom stereocenters. The Hall–Kier alpha value is -3.65. The molecule has 0 N–H and O–H groups in total. The molecule has 0 bridgehead atoms. The van der Waals surface area contributed by atoms with E-state index < -0.39 is 0 Å². The van der Waals surface area contributed by atoms with Crippen molar-refractivity contribution < 1.29 is 4.79 Å². The molecule has 0 aliphatic carbocycles. The van der Waals surface area contributed by atoms with Crippen molar-refractivity contribution in [1.29, 1.82) is 0 Å². The van der Waals surface area contributed by atoms with Gasteiger partial charge in [-0.2, -0.15) is 0 Å². The first kappa shape index (κ1) is 19.7. The Morgan fingerprint density at radius 2 is 0.933 bits per heavy atom. The first-order chi connectivity index (χ1) is 14.8. The van der Waals surface area contributed by atoms with Gasteiger partial charge in [0, 0.05) is 13.1 Å². The third-order valence-electron chi connectivity index (χ3n) is 5.20. The smallest absolute Gasteiger partial charge is 0.227 e. The van der Waals surface area contributed by atoms with Crippen LogP contribution >= 0.6 is 0 Å². The topological polar surface area (TPSA) is 20.3 Å². The summed E-state index contributed by atoms with van der Waals surface area (Å²) in [6, 6.07) is 38.9. The Labute approximate surface area is 178 Å². The van der Waals surface area contributed by atoms with Crippen LogP contribution < -0.4 is 0 Å².